The summed E-state index contributed by atoms with van der Waals surface area (Å²) in [4.78, 5) is 7.59. The Bertz CT molecular complexity index is 2460. The van der Waals surface area contributed by atoms with Crippen molar-refractivity contribution >= 4 is 29.9 Å². The third kappa shape index (κ3) is 9.68. The van der Waals surface area contributed by atoms with Gasteiger partial charge in [-0.25, -0.2) is 0 Å². The number of fused-ring (bicyclic) bond motifs is 1. The minimum Gasteiger partial charge on any atom is -0.304 e. The first-order chi connectivity index (χ1) is 28.0. The van der Waals surface area contributed by atoms with E-state index in [0.29, 0.717) is 0 Å². The van der Waals surface area contributed by atoms with E-state index in [4.69, 9.17) is 0 Å². The summed E-state index contributed by atoms with van der Waals surface area (Å²) in [6.45, 7) is 11.4. The summed E-state index contributed by atoms with van der Waals surface area (Å²) in [5.74, 6) is 0. The van der Waals surface area contributed by atoms with E-state index in [1.54, 1.807) is 7.05 Å². The first-order valence-corrected chi connectivity index (χ1v) is 19.4. The number of allylic oxidation sites excluding steroid dienone is 1. The van der Waals surface area contributed by atoms with Crippen LogP contribution >= 0.6 is 0 Å². The molecule has 0 aromatic heterocycles. The lowest BCUT2D eigenvalue weighted by Crippen LogP contribution is -2.25. The Labute approximate surface area is 339 Å². The average Bonchev–Trinajstić information content (AvgIpc) is 3.28. The van der Waals surface area contributed by atoms with Crippen molar-refractivity contribution in [1.29, 1.82) is 0 Å². The van der Waals surface area contributed by atoms with E-state index in [1.165, 1.54) is 60.8 Å². The van der Waals surface area contributed by atoms with Crippen LogP contribution in [0.2, 0.25) is 0 Å². The van der Waals surface area contributed by atoms with Gasteiger partial charge in [-0.2, -0.15) is 0 Å². The van der Waals surface area contributed by atoms with Gasteiger partial charge in [0.25, 0.3) is 0 Å². The van der Waals surface area contributed by atoms with E-state index in [9.17, 15) is 0 Å². The summed E-state index contributed by atoms with van der Waals surface area (Å²) in [7, 11) is 1.64. The molecule has 0 aliphatic carbocycles. The van der Waals surface area contributed by atoms with Gasteiger partial charge < -0.3 is 4.99 Å². The predicted octanol–water partition coefficient (Wildman–Crippen LogP) is 14.1. The number of nitrogens with zero attached hydrogens (tertiary/aromatic N) is 2. The molecule has 0 radical (unpaired) electrons. The molecule has 0 aliphatic rings. The Morgan fingerprint density at radius 2 is 0.895 bits per heavy atom. The second kappa shape index (κ2) is 19.6. The van der Waals surface area contributed by atoms with Crippen molar-refractivity contribution in [1.82, 2.24) is 0 Å². The van der Waals surface area contributed by atoms with Gasteiger partial charge in [-0.1, -0.05) is 218 Å². The van der Waals surface area contributed by atoms with Gasteiger partial charge in [-0.05, 0) is 94.5 Å². The highest BCUT2D eigenvalue weighted by atomic mass is 14.7. The molecule has 0 fully saturated rings. The van der Waals surface area contributed by atoms with Crippen LogP contribution in [0.1, 0.15) is 40.3 Å². The Balaban J connectivity index is 0.000000485. The molecule has 0 atom stereocenters. The molecule has 8 rings (SSSR count). The molecule has 0 amide bonds. The largest absolute Gasteiger partial charge is 0.304 e. The summed E-state index contributed by atoms with van der Waals surface area (Å²) >= 11 is 0. The van der Waals surface area contributed by atoms with Crippen molar-refractivity contribution in [3.8, 4) is 22.3 Å². The molecule has 8 aromatic rings. The predicted molar refractivity (Wildman–Crippen MR) is 248 cm³/mol. The molecular formula is C55H50N2. The fourth-order valence-electron chi connectivity index (χ4n) is 7.30. The molecule has 0 N–H and O–H groups in total. The molecule has 280 valence electrons. The molecule has 0 aliphatic heterocycles. The van der Waals surface area contributed by atoms with E-state index in [-0.39, 0.29) is 5.41 Å². The van der Waals surface area contributed by atoms with Crippen molar-refractivity contribution in [3.05, 3.63) is 246 Å². The topological polar surface area (TPSA) is 24.7 Å². The molecule has 8 aromatic carbocycles. The fourth-order valence-corrected chi connectivity index (χ4v) is 7.30. The lowest BCUT2D eigenvalue weighted by atomic mass is 9.71. The minimum absolute atomic E-state index is 0.267. The van der Waals surface area contributed by atoms with Gasteiger partial charge >= 0.3 is 0 Å². The summed E-state index contributed by atoms with van der Waals surface area (Å²) in [5, 5.41) is 2.48. The van der Waals surface area contributed by atoms with E-state index < -0.39 is 0 Å². The third-order valence-corrected chi connectivity index (χ3v) is 10.4. The highest BCUT2D eigenvalue weighted by molar-refractivity contribution is 6.04. The Morgan fingerprint density at radius 1 is 0.491 bits per heavy atom. The van der Waals surface area contributed by atoms with Crippen LogP contribution < -0.4 is 0 Å². The maximum Gasteiger partial charge on any atom is 0.0658 e. The van der Waals surface area contributed by atoms with Crippen molar-refractivity contribution in [2.24, 2.45) is 9.98 Å². The zero-order chi connectivity index (χ0) is 39.9. The van der Waals surface area contributed by atoms with Crippen LogP contribution in [0, 0.1) is 6.92 Å². The summed E-state index contributed by atoms with van der Waals surface area (Å²) in [5.41, 5.74) is 13.0. The van der Waals surface area contributed by atoms with E-state index >= 15 is 0 Å². The van der Waals surface area contributed by atoms with Gasteiger partial charge in [0, 0.05) is 12.5 Å². The van der Waals surface area contributed by atoms with Crippen molar-refractivity contribution in [2.45, 2.75) is 25.7 Å². The maximum absolute atomic E-state index is 4.34. The Kier molecular flexibility index (Phi) is 13.7. The van der Waals surface area contributed by atoms with Crippen LogP contribution in [0.3, 0.4) is 0 Å². The average molecular weight is 739 g/mol. The van der Waals surface area contributed by atoms with Crippen molar-refractivity contribution in [2.75, 3.05) is 7.05 Å². The van der Waals surface area contributed by atoms with Crippen LogP contribution in [-0.2, 0) is 11.8 Å². The standard InChI is InChI=1S/C46H37N.C7H8.C2H5N/c1-46(38-16-8-4-9-17-38,39-18-10-5-11-19-39)40-31-29-36(30-32-40)42-21-13-22-43-41(20-12-23-44(42)43)35-25-27-37(28-26-35)45(47-2)33-24-34-14-6-3-7-15-34;1-7-5-3-2-4-6-7;1-3-2/h3-23,25-33H,2,24H2,1H3;2-6H,1H3;1H2,2H3/b45-33-;;. The zero-order valence-electron chi connectivity index (χ0n) is 33.2. The van der Waals surface area contributed by atoms with Crippen LogP contribution in [0.4, 0.5) is 0 Å². The molecular weight excluding hydrogens is 689 g/mol. The normalized spacial score (nSPS) is 11.0. The molecule has 0 saturated heterocycles. The smallest absolute Gasteiger partial charge is 0.0658 e. The Hall–Kier alpha value is -6.90. The molecule has 0 spiro atoms. The SMILES string of the molecule is C=N/C(=C\Cc1ccccc1)c1ccc(-c2cccc3c(-c4ccc(C(C)(c5ccccc5)c5ccccc5)cc4)cccc23)cc1.C=NC.Cc1ccccc1. The van der Waals surface area contributed by atoms with E-state index in [2.05, 4.69) is 225 Å². The fraction of sp³-hybridized carbons (Fsp3) is 0.0909. The Morgan fingerprint density at radius 3 is 1.32 bits per heavy atom. The number of aliphatic imine (C=N–C) groups is 2. The van der Waals surface area contributed by atoms with E-state index in [0.717, 1.165) is 17.7 Å². The monoisotopic (exact) mass is 738 g/mol. The first kappa shape index (κ1) is 39.8. The lowest BCUT2D eigenvalue weighted by molar-refractivity contribution is 0.692. The van der Waals surface area contributed by atoms with Crippen LogP contribution in [0.15, 0.2) is 222 Å². The summed E-state index contributed by atoms with van der Waals surface area (Å²) in [6.07, 6.45) is 2.97. The van der Waals surface area contributed by atoms with Gasteiger partial charge in [0.1, 0.15) is 0 Å². The van der Waals surface area contributed by atoms with Crippen molar-refractivity contribution < 1.29 is 0 Å². The van der Waals surface area contributed by atoms with Gasteiger partial charge in [-0.3, -0.25) is 4.99 Å². The second-order valence-corrected chi connectivity index (χ2v) is 14.1. The van der Waals surface area contributed by atoms with Crippen LogP contribution in [0.25, 0.3) is 38.7 Å². The van der Waals surface area contributed by atoms with Gasteiger partial charge in [0.2, 0.25) is 0 Å². The lowest BCUT2D eigenvalue weighted by Gasteiger charge is -2.32. The number of aryl methyl sites for hydroxylation is 1. The molecule has 57 heavy (non-hydrogen) atoms. The molecule has 2 nitrogen and oxygen atoms in total. The number of benzene rings is 8. The van der Waals surface area contributed by atoms with E-state index in [1.807, 2.05) is 24.3 Å². The highest BCUT2D eigenvalue weighted by Gasteiger charge is 2.30. The minimum atomic E-state index is -0.267. The number of rotatable bonds is 9. The molecule has 0 bridgehead atoms. The number of hydrogen-bond donors (Lipinski definition) is 0. The highest BCUT2D eigenvalue weighted by Crippen LogP contribution is 2.41. The van der Waals surface area contributed by atoms with Gasteiger partial charge in [-0.15, -0.1) is 0 Å². The first-order valence-electron chi connectivity index (χ1n) is 19.4. The van der Waals surface area contributed by atoms with Gasteiger partial charge in [0.15, 0.2) is 0 Å². The van der Waals surface area contributed by atoms with Crippen LogP contribution in [-0.4, -0.2) is 20.5 Å². The summed E-state index contributed by atoms with van der Waals surface area (Å²) < 4.78 is 0. The maximum atomic E-state index is 4.34. The number of hydrogen-bond acceptors (Lipinski definition) is 2. The van der Waals surface area contributed by atoms with Crippen LogP contribution in [0.5, 0.6) is 0 Å². The molecule has 0 saturated carbocycles. The summed E-state index contributed by atoms with van der Waals surface area (Å²) in [6, 6.07) is 73.4. The molecule has 0 unspecified atom stereocenters. The van der Waals surface area contributed by atoms with Gasteiger partial charge in [0.05, 0.1) is 5.70 Å². The molecule has 2 heteroatoms. The zero-order valence-corrected chi connectivity index (χ0v) is 33.2. The quantitative estimate of drug-likeness (QED) is 0.104. The third-order valence-electron chi connectivity index (χ3n) is 10.4. The van der Waals surface area contributed by atoms with Crippen molar-refractivity contribution in [3.63, 3.8) is 0 Å². The second-order valence-electron chi connectivity index (χ2n) is 14.1. The molecule has 0 heterocycles.